The van der Waals surface area contributed by atoms with Gasteiger partial charge in [0.1, 0.15) is 44.0 Å². The zero-order chi connectivity index (χ0) is 52.2. The molecule has 3 aliphatic rings. The van der Waals surface area contributed by atoms with Crippen molar-refractivity contribution in [3.63, 3.8) is 0 Å². The summed E-state index contributed by atoms with van der Waals surface area (Å²) in [7, 11) is 6.07. The molecule has 0 bridgehead atoms. The summed E-state index contributed by atoms with van der Waals surface area (Å²) in [6, 6.07) is 8.47. The van der Waals surface area contributed by atoms with Gasteiger partial charge in [-0.3, -0.25) is 69.5 Å². The highest BCUT2D eigenvalue weighted by atomic mass is 79.9. The smallest absolute Gasteiger partial charge is 0.339 e. The number of piperidine rings is 1. The molecule has 8 unspecified atom stereocenters. The summed E-state index contributed by atoms with van der Waals surface area (Å²) >= 11 is 3.35. The minimum Gasteiger partial charge on any atom is -0.463 e. The Labute approximate surface area is 410 Å². The number of likely N-dealkylation sites (N-methyl/N-ethyl adjacent to an activating group) is 1. The first kappa shape index (κ1) is 55.1. The Kier molecular flexibility index (Phi) is 19.3. The minimum atomic E-state index is -2.22. The number of benzene rings is 1. The van der Waals surface area contributed by atoms with Crippen molar-refractivity contribution in [1.82, 2.24) is 14.5 Å². The molecule has 0 spiro atoms. The molecule has 1 aliphatic carbocycles. The van der Waals surface area contributed by atoms with Crippen LogP contribution >= 0.6 is 15.9 Å². The molecule has 2 aliphatic heterocycles. The van der Waals surface area contributed by atoms with Crippen molar-refractivity contribution in [2.45, 2.75) is 80.9 Å². The van der Waals surface area contributed by atoms with E-state index in [4.69, 9.17) is 33.2 Å². The molecule has 1 N–H and O–H groups in total. The van der Waals surface area contributed by atoms with Crippen LogP contribution in [0.5, 0.6) is 0 Å². The number of ether oxygens (including phenoxy) is 7. The van der Waals surface area contributed by atoms with E-state index >= 15 is 0 Å². The highest BCUT2D eigenvalue weighted by molar-refractivity contribution is 9.10. The molecule has 2 aromatic heterocycles. The molecule has 6 rings (SSSR count). The van der Waals surface area contributed by atoms with Crippen molar-refractivity contribution in [2.24, 2.45) is 13.0 Å². The van der Waals surface area contributed by atoms with Gasteiger partial charge in [-0.1, -0.05) is 12.1 Å². The van der Waals surface area contributed by atoms with Gasteiger partial charge in [0.25, 0.3) is 0 Å². The van der Waals surface area contributed by atoms with Gasteiger partial charge in [-0.15, -0.1) is 0 Å². The number of halogens is 1. The molecular formula is C42H50BrN7O21. The highest BCUT2D eigenvalue weighted by Gasteiger charge is 2.54. The number of nitrogens with zero attached hydrogens (tertiary/aromatic N) is 7. The SMILES string of the molecule is COC12CC(COC(=O)c3cncc(Br)c3)CN(C)C1Cc1cn(C)c3cccc2c13.O=C(CC[N+](=O)[O-])OCC1OC(O)C(OC(=O)CC[N+](=O)[O-])C(OC(=O)CC[N+](=O)[O-])C1OC(=O)CC[N+](=O)[O-]. The Morgan fingerprint density at radius 2 is 1.37 bits per heavy atom. The maximum Gasteiger partial charge on any atom is 0.339 e. The number of fused-ring (bicyclic) bond motifs is 2. The number of hydrogen-bond donors (Lipinski definition) is 1. The van der Waals surface area contributed by atoms with Gasteiger partial charge in [-0.2, -0.15) is 0 Å². The number of esters is 5. The molecule has 3 aromatic rings. The Morgan fingerprint density at radius 1 is 0.803 bits per heavy atom. The van der Waals surface area contributed by atoms with Crippen LogP contribution in [0.25, 0.3) is 10.9 Å². The lowest BCUT2D eigenvalue weighted by molar-refractivity contribution is -0.479. The molecule has 0 radical (unpaired) electrons. The van der Waals surface area contributed by atoms with Gasteiger partial charge in [-0.05, 0) is 59.1 Å². The lowest BCUT2D eigenvalue weighted by Crippen LogP contribution is -2.62. The number of hydrogen-bond acceptors (Lipinski definition) is 23. The molecule has 8 atom stereocenters. The molecule has 2 saturated heterocycles. The van der Waals surface area contributed by atoms with E-state index in [1.54, 1.807) is 12.3 Å². The first-order valence-corrected chi connectivity index (χ1v) is 22.6. The van der Waals surface area contributed by atoms with E-state index < -0.39 is 138 Å². The van der Waals surface area contributed by atoms with Crippen molar-refractivity contribution in [1.29, 1.82) is 0 Å². The summed E-state index contributed by atoms with van der Waals surface area (Å²) < 4.78 is 40.1. The van der Waals surface area contributed by atoms with E-state index in [2.05, 4.69) is 68.9 Å². The number of aliphatic hydroxyl groups is 1. The second kappa shape index (κ2) is 24.8. The van der Waals surface area contributed by atoms with E-state index in [-0.39, 0.29) is 17.9 Å². The third-order valence-electron chi connectivity index (χ3n) is 11.7. The Morgan fingerprint density at radius 3 is 1.93 bits per heavy atom. The van der Waals surface area contributed by atoms with E-state index in [1.807, 2.05) is 7.11 Å². The monoisotopic (exact) mass is 1070 g/mol. The standard InChI is InChI=1S/C24H26BrN3O3.C18H24N4O18/c1-27-13-17-8-21-24(30-3,19-5-4-6-20(27)22(17)19)9-15(12-28(21)2)14-31-23(29)16-7-18(25)11-26-10-16;23-11(1-5-19(28)29)36-9-10-15(38-12(24)2-6-20(30)31)16(39-13(25)3-7-21(32)33)17(18(27)37-10)40-14(26)4-8-22(34)35/h4-7,10-11,13,15,21H,8-9,12,14H2,1-3H3;10,15-18,27H,1-9H2. The zero-order valence-electron chi connectivity index (χ0n) is 38.4. The lowest BCUT2D eigenvalue weighted by Gasteiger charge is -2.53. The van der Waals surface area contributed by atoms with Gasteiger partial charge in [0.15, 0.2) is 24.6 Å². The number of aryl methyl sites for hydroxylation is 1. The molecule has 0 saturated carbocycles. The van der Waals surface area contributed by atoms with Crippen LogP contribution < -0.4 is 0 Å². The highest BCUT2D eigenvalue weighted by Crippen LogP contribution is 2.49. The fraction of sp³-hybridized carbons (Fsp3) is 0.571. The summed E-state index contributed by atoms with van der Waals surface area (Å²) in [6.07, 6.45) is -5.97. The molecule has 2 fully saturated rings. The number of likely N-dealkylation sites (tertiary alicyclic amines) is 1. The first-order valence-electron chi connectivity index (χ1n) is 21.8. The number of carbonyl (C=O) groups is 5. The summed E-state index contributed by atoms with van der Waals surface area (Å²) in [5, 5.41) is 54.0. The van der Waals surface area contributed by atoms with Gasteiger partial charge in [0.2, 0.25) is 26.2 Å². The van der Waals surface area contributed by atoms with Crippen molar-refractivity contribution in [3.8, 4) is 0 Å². The molecule has 386 valence electrons. The predicted octanol–water partition coefficient (Wildman–Crippen LogP) is 1.56. The van der Waals surface area contributed by atoms with E-state index in [0.29, 0.717) is 12.2 Å². The van der Waals surface area contributed by atoms with Gasteiger partial charge in [-0.25, -0.2) is 4.79 Å². The number of carbonyl (C=O) groups excluding carboxylic acids is 5. The second-order valence-corrected chi connectivity index (χ2v) is 17.5. The van der Waals surface area contributed by atoms with Gasteiger partial charge in [0, 0.05) is 86.3 Å². The molecule has 28 nitrogen and oxygen atoms in total. The van der Waals surface area contributed by atoms with Crippen LogP contribution in [0.2, 0.25) is 0 Å². The van der Waals surface area contributed by atoms with Crippen LogP contribution in [-0.4, -0.2) is 166 Å². The average molecular weight is 1070 g/mol. The summed E-state index contributed by atoms with van der Waals surface area (Å²) in [5.41, 5.74) is 3.90. The zero-order valence-corrected chi connectivity index (χ0v) is 40.0. The van der Waals surface area contributed by atoms with Crippen LogP contribution in [-0.2, 0) is 71.4 Å². The molecule has 71 heavy (non-hydrogen) atoms. The molecular weight excluding hydrogens is 1020 g/mol. The Balaban J connectivity index is 0.000000271. The Hall–Kier alpha value is -6.82. The van der Waals surface area contributed by atoms with Crippen molar-refractivity contribution in [2.75, 3.05) is 60.1 Å². The number of aromatic nitrogens is 2. The number of pyridine rings is 1. The molecule has 29 heteroatoms. The summed E-state index contributed by atoms with van der Waals surface area (Å²) in [4.78, 5) is 106. The molecule has 1 aromatic carbocycles. The minimum absolute atomic E-state index is 0.172. The van der Waals surface area contributed by atoms with Crippen LogP contribution in [0.3, 0.4) is 0 Å². The number of aliphatic hydroxyl groups excluding tert-OH is 1. The first-order chi connectivity index (χ1) is 33.6. The predicted molar refractivity (Wildman–Crippen MR) is 239 cm³/mol. The van der Waals surface area contributed by atoms with Crippen LogP contribution in [0.4, 0.5) is 0 Å². The molecule has 0 amide bonds. The fourth-order valence-electron chi connectivity index (χ4n) is 8.67. The quantitative estimate of drug-likeness (QED) is 0.0684. The third kappa shape index (κ3) is 14.6. The van der Waals surface area contributed by atoms with Crippen LogP contribution in [0.1, 0.15) is 53.6 Å². The van der Waals surface area contributed by atoms with Crippen molar-refractivity contribution >= 4 is 56.7 Å². The van der Waals surface area contributed by atoms with E-state index in [1.165, 1.54) is 28.2 Å². The van der Waals surface area contributed by atoms with Crippen LogP contribution in [0.15, 0.2) is 47.3 Å². The molecule has 4 heterocycles. The number of rotatable bonds is 21. The average Bonchev–Trinajstić information content (AvgIpc) is 3.64. The summed E-state index contributed by atoms with van der Waals surface area (Å²) in [5.74, 6) is -5.24. The normalized spacial score (nSPS) is 23.4. The van der Waals surface area contributed by atoms with Gasteiger partial charge < -0.3 is 42.8 Å². The third-order valence-corrected chi connectivity index (χ3v) is 12.2. The van der Waals surface area contributed by atoms with E-state index in [9.17, 15) is 69.5 Å². The van der Waals surface area contributed by atoms with Crippen molar-refractivity contribution < 1.29 is 81.9 Å². The van der Waals surface area contributed by atoms with Gasteiger partial charge >= 0.3 is 29.8 Å². The maximum atomic E-state index is 12.5. The lowest BCUT2D eigenvalue weighted by atomic mass is 9.69. The fourth-order valence-corrected chi connectivity index (χ4v) is 9.03. The van der Waals surface area contributed by atoms with Crippen molar-refractivity contribution in [3.05, 3.63) is 104 Å². The second-order valence-electron chi connectivity index (χ2n) is 16.6. The van der Waals surface area contributed by atoms with E-state index in [0.717, 1.165) is 23.9 Å². The maximum absolute atomic E-state index is 12.5. The van der Waals surface area contributed by atoms with Gasteiger partial charge in [0.05, 0.1) is 12.2 Å². The largest absolute Gasteiger partial charge is 0.463 e. The Bertz CT molecular complexity index is 2490. The number of nitro groups is 4. The van der Waals surface area contributed by atoms with Crippen LogP contribution in [0, 0.1) is 46.4 Å². The number of methoxy groups -OCH3 is 1. The topological polar surface area (TPSA) is 364 Å². The summed E-state index contributed by atoms with van der Waals surface area (Å²) in [6.45, 7) is -3.25.